The fourth-order valence-electron chi connectivity index (χ4n) is 2.96. The number of urea groups is 1. The van der Waals surface area contributed by atoms with Crippen LogP contribution < -0.4 is 20.1 Å². The number of imide groups is 1. The first kappa shape index (κ1) is 18.0. The van der Waals surface area contributed by atoms with Crippen molar-refractivity contribution in [3.05, 3.63) is 23.8 Å². The zero-order valence-corrected chi connectivity index (χ0v) is 15.1. The molecule has 0 bridgehead atoms. The van der Waals surface area contributed by atoms with E-state index in [9.17, 15) is 14.4 Å². The highest BCUT2D eigenvalue weighted by molar-refractivity contribution is 6.09. The molecule has 4 amide bonds. The first-order valence-electron chi connectivity index (χ1n) is 8.68. The molecule has 0 aliphatic carbocycles. The van der Waals surface area contributed by atoms with Crippen LogP contribution in [0.4, 0.5) is 4.79 Å². The number of carbonyl (C=O) groups excluding carboxylic acids is 3. The lowest BCUT2D eigenvalue weighted by molar-refractivity contribution is -0.135. The van der Waals surface area contributed by atoms with E-state index in [2.05, 4.69) is 10.6 Å². The summed E-state index contributed by atoms with van der Waals surface area (Å²) in [6, 6.07) is 4.51. The molecule has 1 saturated heterocycles. The molecule has 0 aromatic heterocycles. The zero-order chi connectivity index (χ0) is 18.9. The monoisotopic (exact) mass is 361 g/mol. The van der Waals surface area contributed by atoms with E-state index in [0.717, 1.165) is 11.3 Å². The summed E-state index contributed by atoms with van der Waals surface area (Å²) in [6.45, 7) is 6.01. The topological polar surface area (TPSA) is 97.0 Å². The van der Waals surface area contributed by atoms with Crippen LogP contribution in [0.25, 0.3) is 0 Å². The van der Waals surface area contributed by atoms with Gasteiger partial charge in [0.2, 0.25) is 5.91 Å². The lowest BCUT2D eigenvalue weighted by atomic mass is 9.91. The Balaban J connectivity index is 1.80. The van der Waals surface area contributed by atoms with Gasteiger partial charge in [0, 0.05) is 6.04 Å². The Labute approximate surface area is 151 Å². The third-order valence-electron chi connectivity index (χ3n) is 4.72. The van der Waals surface area contributed by atoms with Crippen LogP contribution in [0.1, 0.15) is 32.8 Å². The summed E-state index contributed by atoms with van der Waals surface area (Å²) in [5.41, 5.74) is -0.686. The molecule has 2 aliphatic rings. The van der Waals surface area contributed by atoms with Crippen LogP contribution in [-0.4, -0.2) is 48.5 Å². The quantitative estimate of drug-likeness (QED) is 0.767. The van der Waals surface area contributed by atoms with E-state index in [1.165, 1.54) is 0 Å². The second-order valence-electron chi connectivity index (χ2n) is 6.68. The molecule has 0 saturated carbocycles. The Morgan fingerprint density at radius 2 is 2.00 bits per heavy atom. The second kappa shape index (κ2) is 6.86. The number of rotatable bonds is 5. The van der Waals surface area contributed by atoms with E-state index in [0.29, 0.717) is 30.3 Å². The van der Waals surface area contributed by atoms with Crippen molar-refractivity contribution in [2.24, 2.45) is 0 Å². The molecule has 2 atom stereocenters. The number of hydrogen-bond donors (Lipinski definition) is 2. The predicted molar refractivity (Wildman–Crippen MR) is 92.9 cm³/mol. The molecule has 2 N–H and O–H groups in total. The molecule has 2 aliphatic heterocycles. The first-order valence-corrected chi connectivity index (χ1v) is 8.68. The van der Waals surface area contributed by atoms with Crippen molar-refractivity contribution in [3.63, 3.8) is 0 Å². The number of amides is 4. The summed E-state index contributed by atoms with van der Waals surface area (Å²) in [4.78, 5) is 38.2. The molecule has 26 heavy (non-hydrogen) atoms. The summed E-state index contributed by atoms with van der Waals surface area (Å²) in [5.74, 6) is 0.294. The number of benzene rings is 1. The van der Waals surface area contributed by atoms with Gasteiger partial charge in [-0.05, 0) is 38.0 Å². The van der Waals surface area contributed by atoms with Gasteiger partial charge in [0.15, 0.2) is 11.5 Å². The van der Waals surface area contributed by atoms with E-state index >= 15 is 0 Å². The molecule has 0 unspecified atom stereocenters. The van der Waals surface area contributed by atoms with Gasteiger partial charge in [-0.3, -0.25) is 14.5 Å². The third-order valence-corrected chi connectivity index (χ3v) is 4.72. The van der Waals surface area contributed by atoms with Gasteiger partial charge in [0.25, 0.3) is 5.91 Å². The molecule has 8 heteroatoms. The van der Waals surface area contributed by atoms with Crippen molar-refractivity contribution in [1.29, 1.82) is 0 Å². The summed E-state index contributed by atoms with van der Waals surface area (Å²) in [6.07, 6.45) is 0.765. The maximum atomic E-state index is 12.9. The van der Waals surface area contributed by atoms with Crippen LogP contribution in [0.5, 0.6) is 11.5 Å². The second-order valence-corrected chi connectivity index (χ2v) is 6.68. The molecule has 0 radical (unpaired) electrons. The summed E-state index contributed by atoms with van der Waals surface area (Å²) >= 11 is 0. The average Bonchev–Trinajstić information content (AvgIpc) is 2.85. The van der Waals surface area contributed by atoms with Crippen LogP contribution >= 0.6 is 0 Å². The minimum Gasteiger partial charge on any atom is -0.486 e. The van der Waals surface area contributed by atoms with Crippen molar-refractivity contribution in [2.75, 3.05) is 19.8 Å². The van der Waals surface area contributed by atoms with Crippen LogP contribution in [0.2, 0.25) is 0 Å². The Bertz CT molecular complexity index is 750. The number of ether oxygens (including phenoxy) is 2. The van der Waals surface area contributed by atoms with Gasteiger partial charge in [-0.2, -0.15) is 0 Å². The molecule has 2 heterocycles. The van der Waals surface area contributed by atoms with Gasteiger partial charge in [-0.25, -0.2) is 4.79 Å². The Hall–Kier alpha value is -2.77. The van der Waals surface area contributed by atoms with E-state index < -0.39 is 17.5 Å². The molecule has 1 fully saturated rings. The van der Waals surface area contributed by atoms with Crippen molar-refractivity contribution in [2.45, 2.75) is 38.8 Å². The van der Waals surface area contributed by atoms with Crippen molar-refractivity contribution in [3.8, 4) is 11.5 Å². The summed E-state index contributed by atoms with van der Waals surface area (Å²) in [5, 5.41) is 5.44. The van der Waals surface area contributed by atoms with Gasteiger partial charge < -0.3 is 20.1 Å². The fourth-order valence-corrected chi connectivity index (χ4v) is 2.96. The maximum absolute atomic E-state index is 12.9. The van der Waals surface area contributed by atoms with Crippen molar-refractivity contribution in [1.82, 2.24) is 15.5 Å². The maximum Gasteiger partial charge on any atom is 0.325 e. The molecule has 1 aromatic rings. The average molecular weight is 361 g/mol. The van der Waals surface area contributed by atoms with Crippen LogP contribution in [0, 0.1) is 0 Å². The van der Waals surface area contributed by atoms with Crippen LogP contribution in [0.3, 0.4) is 0 Å². The van der Waals surface area contributed by atoms with Crippen molar-refractivity contribution >= 4 is 17.8 Å². The SMILES string of the molecule is CC[C@H](C)NC(=O)CN1C(=O)N[C@@](C)(c2ccc3c(c2)OCCO3)C1=O. The van der Waals surface area contributed by atoms with Crippen LogP contribution in [0.15, 0.2) is 18.2 Å². The van der Waals surface area contributed by atoms with E-state index in [1.54, 1.807) is 25.1 Å². The van der Waals surface area contributed by atoms with E-state index in [-0.39, 0.29) is 18.5 Å². The molecule has 0 spiro atoms. The summed E-state index contributed by atoms with van der Waals surface area (Å²) < 4.78 is 11.0. The predicted octanol–water partition coefficient (Wildman–Crippen LogP) is 1.14. The highest BCUT2D eigenvalue weighted by Gasteiger charge is 2.49. The number of hydrogen-bond acceptors (Lipinski definition) is 5. The van der Waals surface area contributed by atoms with Gasteiger partial charge in [0.05, 0.1) is 0 Å². The summed E-state index contributed by atoms with van der Waals surface area (Å²) in [7, 11) is 0. The first-order chi connectivity index (χ1) is 12.3. The minimum absolute atomic E-state index is 0.0209. The van der Waals surface area contributed by atoms with Gasteiger partial charge in [0.1, 0.15) is 25.3 Å². The Morgan fingerprint density at radius 3 is 2.69 bits per heavy atom. The highest BCUT2D eigenvalue weighted by Crippen LogP contribution is 2.36. The molecule has 140 valence electrons. The minimum atomic E-state index is -1.26. The number of fused-ring (bicyclic) bond motifs is 1. The van der Waals surface area contributed by atoms with Crippen LogP contribution in [-0.2, 0) is 15.1 Å². The lowest BCUT2D eigenvalue weighted by Crippen LogP contribution is -2.44. The largest absolute Gasteiger partial charge is 0.486 e. The normalized spacial score (nSPS) is 22.8. The fraction of sp³-hybridized carbons (Fsp3) is 0.500. The lowest BCUT2D eigenvalue weighted by Gasteiger charge is -2.25. The standard InChI is InChI=1S/C18H23N3O5/c1-4-11(2)19-15(22)10-21-16(23)18(3,20-17(21)24)12-5-6-13-14(9-12)26-8-7-25-13/h5-6,9,11H,4,7-8,10H2,1-3H3,(H,19,22)(H,20,24)/t11-,18-/m0/s1. The van der Waals surface area contributed by atoms with Gasteiger partial charge >= 0.3 is 6.03 Å². The number of carbonyl (C=O) groups is 3. The molecule has 8 nitrogen and oxygen atoms in total. The molecular weight excluding hydrogens is 338 g/mol. The Kier molecular flexibility index (Phi) is 4.76. The van der Waals surface area contributed by atoms with Crippen molar-refractivity contribution < 1.29 is 23.9 Å². The smallest absolute Gasteiger partial charge is 0.325 e. The zero-order valence-electron chi connectivity index (χ0n) is 15.1. The molecular formula is C18H23N3O5. The number of nitrogens with zero attached hydrogens (tertiary/aromatic N) is 1. The van der Waals surface area contributed by atoms with E-state index in [4.69, 9.17) is 9.47 Å². The van der Waals surface area contributed by atoms with Gasteiger partial charge in [-0.1, -0.05) is 13.0 Å². The third kappa shape index (κ3) is 3.18. The van der Waals surface area contributed by atoms with E-state index in [1.807, 2.05) is 13.8 Å². The number of nitrogens with one attached hydrogen (secondary N) is 2. The molecule has 3 rings (SSSR count). The Morgan fingerprint density at radius 1 is 1.31 bits per heavy atom. The molecule has 1 aromatic carbocycles. The van der Waals surface area contributed by atoms with Gasteiger partial charge in [-0.15, -0.1) is 0 Å². The highest BCUT2D eigenvalue weighted by atomic mass is 16.6.